The second-order valence-corrected chi connectivity index (χ2v) is 5.27. The lowest BCUT2D eigenvalue weighted by atomic mass is 10.1. The van der Waals surface area contributed by atoms with E-state index in [4.69, 9.17) is 5.11 Å². The molecular weight excluding hydrogens is 246 g/mol. The molecule has 1 aromatic heterocycles. The fourth-order valence-electron chi connectivity index (χ4n) is 1.48. The molecule has 0 aliphatic carbocycles. The third-order valence-corrected chi connectivity index (χ3v) is 2.51. The third-order valence-electron chi connectivity index (χ3n) is 2.51. The minimum Gasteiger partial charge on any atom is -0.480 e. The van der Waals surface area contributed by atoms with Crippen molar-refractivity contribution in [2.75, 3.05) is 11.9 Å². The first-order valence-corrected chi connectivity index (χ1v) is 5.93. The van der Waals surface area contributed by atoms with Gasteiger partial charge in [-0.15, -0.1) is 0 Å². The Hall–Kier alpha value is -2.11. The van der Waals surface area contributed by atoms with Gasteiger partial charge in [0.2, 0.25) is 0 Å². The van der Waals surface area contributed by atoms with Gasteiger partial charge in [0, 0.05) is 11.2 Å². The van der Waals surface area contributed by atoms with Gasteiger partial charge in [-0.25, -0.2) is 4.79 Å². The molecule has 6 nitrogen and oxygen atoms in total. The van der Waals surface area contributed by atoms with Gasteiger partial charge in [-0.1, -0.05) is 0 Å². The number of amides is 2. The number of aryl methyl sites for hydroxylation is 1. The van der Waals surface area contributed by atoms with Crippen LogP contribution in [0.4, 0.5) is 10.5 Å². The lowest BCUT2D eigenvalue weighted by Gasteiger charge is -2.34. The second kappa shape index (κ2) is 5.69. The number of nitrogens with zero attached hydrogens (tertiary/aromatic N) is 2. The molecule has 0 aromatic carbocycles. The predicted octanol–water partition coefficient (Wildman–Crippen LogP) is 2.11. The predicted molar refractivity (Wildman–Crippen MR) is 72.1 cm³/mol. The van der Waals surface area contributed by atoms with Crippen LogP contribution in [0, 0.1) is 6.92 Å². The molecule has 104 valence electrons. The maximum absolute atomic E-state index is 12.1. The zero-order chi connectivity index (χ0) is 14.6. The van der Waals surface area contributed by atoms with E-state index >= 15 is 0 Å². The molecule has 1 aromatic rings. The summed E-state index contributed by atoms with van der Waals surface area (Å²) in [6.45, 7) is 6.83. The smallest absolute Gasteiger partial charge is 0.323 e. The molecule has 0 fully saturated rings. The minimum absolute atomic E-state index is 0.353. The molecule has 0 radical (unpaired) electrons. The Balaban J connectivity index is 2.82. The van der Waals surface area contributed by atoms with Crippen molar-refractivity contribution in [1.29, 1.82) is 0 Å². The zero-order valence-corrected chi connectivity index (χ0v) is 11.6. The van der Waals surface area contributed by atoms with E-state index in [0.717, 1.165) is 5.69 Å². The van der Waals surface area contributed by atoms with E-state index in [-0.39, 0.29) is 6.54 Å². The Morgan fingerprint density at radius 3 is 2.42 bits per heavy atom. The number of nitrogens with one attached hydrogen (secondary N) is 1. The van der Waals surface area contributed by atoms with Crippen molar-refractivity contribution in [3.05, 3.63) is 24.0 Å². The average Bonchev–Trinajstić information content (AvgIpc) is 2.27. The highest BCUT2D eigenvalue weighted by Crippen LogP contribution is 2.15. The number of carboxylic acid groups (broad SMARTS) is 1. The van der Waals surface area contributed by atoms with Crippen molar-refractivity contribution in [1.82, 2.24) is 9.88 Å². The van der Waals surface area contributed by atoms with Crippen LogP contribution in [0.2, 0.25) is 0 Å². The first-order valence-electron chi connectivity index (χ1n) is 5.93. The van der Waals surface area contributed by atoms with Crippen molar-refractivity contribution >= 4 is 17.7 Å². The Morgan fingerprint density at radius 1 is 1.37 bits per heavy atom. The summed E-state index contributed by atoms with van der Waals surface area (Å²) in [7, 11) is 0. The first kappa shape index (κ1) is 14.9. The van der Waals surface area contributed by atoms with E-state index in [1.54, 1.807) is 32.9 Å². The normalized spacial score (nSPS) is 10.9. The molecule has 0 atom stereocenters. The number of hydrogen-bond acceptors (Lipinski definition) is 3. The molecule has 2 N–H and O–H groups in total. The summed E-state index contributed by atoms with van der Waals surface area (Å²) >= 11 is 0. The fourth-order valence-corrected chi connectivity index (χ4v) is 1.48. The molecule has 1 rings (SSSR count). The first-order chi connectivity index (χ1) is 8.70. The monoisotopic (exact) mass is 265 g/mol. The molecule has 0 unspecified atom stereocenters. The summed E-state index contributed by atoms with van der Waals surface area (Å²) in [5.41, 5.74) is 0.798. The van der Waals surface area contributed by atoms with Gasteiger partial charge < -0.3 is 15.3 Å². The highest BCUT2D eigenvalue weighted by atomic mass is 16.4. The summed E-state index contributed by atoms with van der Waals surface area (Å²) in [4.78, 5) is 28.3. The summed E-state index contributed by atoms with van der Waals surface area (Å²) in [5, 5.41) is 11.5. The van der Waals surface area contributed by atoms with E-state index in [0.29, 0.717) is 5.69 Å². The van der Waals surface area contributed by atoms with Crippen LogP contribution in [0.15, 0.2) is 18.3 Å². The van der Waals surface area contributed by atoms with Crippen LogP contribution in [0.3, 0.4) is 0 Å². The van der Waals surface area contributed by atoms with Crippen LogP contribution in [-0.2, 0) is 4.79 Å². The van der Waals surface area contributed by atoms with Crippen LogP contribution >= 0.6 is 0 Å². The van der Waals surface area contributed by atoms with Crippen LogP contribution in [0.5, 0.6) is 0 Å². The molecule has 0 aliphatic heterocycles. The number of hydrogen-bond donors (Lipinski definition) is 2. The summed E-state index contributed by atoms with van der Waals surface area (Å²) in [6.07, 6.45) is 1.54. The van der Waals surface area contributed by atoms with Gasteiger partial charge in [0.1, 0.15) is 6.54 Å². The molecule has 0 bridgehead atoms. The molecule has 0 saturated carbocycles. The van der Waals surface area contributed by atoms with Gasteiger partial charge in [-0.05, 0) is 39.8 Å². The molecule has 1 heterocycles. The maximum Gasteiger partial charge on any atom is 0.323 e. The molecule has 19 heavy (non-hydrogen) atoms. The fraction of sp³-hybridized carbons (Fsp3) is 0.462. The number of carbonyl (C=O) groups excluding carboxylic acids is 1. The number of urea groups is 1. The van der Waals surface area contributed by atoms with E-state index < -0.39 is 17.5 Å². The Kier molecular flexibility index (Phi) is 4.47. The molecule has 2 amide bonds. The topological polar surface area (TPSA) is 82.5 Å². The van der Waals surface area contributed by atoms with Crippen molar-refractivity contribution in [2.24, 2.45) is 0 Å². The van der Waals surface area contributed by atoms with E-state index in [9.17, 15) is 9.59 Å². The van der Waals surface area contributed by atoms with E-state index in [2.05, 4.69) is 10.3 Å². The number of rotatable bonds is 3. The number of aliphatic carboxylic acids is 1. The zero-order valence-electron chi connectivity index (χ0n) is 11.6. The van der Waals surface area contributed by atoms with Gasteiger partial charge in [0.15, 0.2) is 0 Å². The van der Waals surface area contributed by atoms with Gasteiger partial charge in [-0.3, -0.25) is 9.78 Å². The molecule has 0 saturated heterocycles. The highest BCUT2D eigenvalue weighted by Gasteiger charge is 2.28. The molecule has 0 spiro atoms. The van der Waals surface area contributed by atoms with Gasteiger partial charge in [0.05, 0.1) is 11.9 Å². The molecule has 0 aliphatic rings. The largest absolute Gasteiger partial charge is 0.480 e. The minimum atomic E-state index is -1.05. The summed E-state index contributed by atoms with van der Waals surface area (Å²) < 4.78 is 0. The lowest BCUT2D eigenvalue weighted by molar-refractivity contribution is -0.138. The average molecular weight is 265 g/mol. The van der Waals surface area contributed by atoms with Crippen LogP contribution in [0.1, 0.15) is 26.5 Å². The van der Waals surface area contributed by atoms with Crippen molar-refractivity contribution in [2.45, 2.75) is 33.2 Å². The van der Waals surface area contributed by atoms with Gasteiger partial charge >= 0.3 is 12.0 Å². The number of carboxylic acids is 1. The molecular formula is C13H19N3O3. The van der Waals surface area contributed by atoms with Gasteiger partial charge in [0.25, 0.3) is 0 Å². The lowest BCUT2D eigenvalue weighted by Crippen LogP contribution is -2.50. The third kappa shape index (κ3) is 4.57. The standard InChI is InChI=1S/C13H19N3O3/c1-9-5-6-10(7-14-9)15-12(19)16(8-11(17)18)13(2,3)4/h5-7H,8H2,1-4H3,(H,15,19)(H,17,18). The van der Waals surface area contributed by atoms with Crippen LogP contribution < -0.4 is 5.32 Å². The van der Waals surface area contributed by atoms with E-state index in [1.165, 1.54) is 11.1 Å². The highest BCUT2D eigenvalue weighted by molar-refractivity contribution is 5.91. The van der Waals surface area contributed by atoms with Crippen molar-refractivity contribution in [3.8, 4) is 0 Å². The Morgan fingerprint density at radius 2 is 2.00 bits per heavy atom. The van der Waals surface area contributed by atoms with Crippen molar-refractivity contribution in [3.63, 3.8) is 0 Å². The summed E-state index contributed by atoms with van der Waals surface area (Å²) in [6, 6.07) is 3.04. The second-order valence-electron chi connectivity index (χ2n) is 5.27. The Bertz CT molecular complexity index is 463. The summed E-state index contributed by atoms with van der Waals surface area (Å²) in [5.74, 6) is -1.05. The van der Waals surface area contributed by atoms with E-state index in [1.807, 2.05) is 6.92 Å². The van der Waals surface area contributed by atoms with Crippen LogP contribution in [0.25, 0.3) is 0 Å². The van der Waals surface area contributed by atoms with Gasteiger partial charge in [-0.2, -0.15) is 0 Å². The maximum atomic E-state index is 12.1. The molecule has 6 heteroatoms. The SMILES string of the molecule is Cc1ccc(NC(=O)N(CC(=O)O)C(C)(C)C)cn1. The van der Waals surface area contributed by atoms with Crippen molar-refractivity contribution < 1.29 is 14.7 Å². The quantitative estimate of drug-likeness (QED) is 0.876. The van der Waals surface area contributed by atoms with Crippen LogP contribution in [-0.4, -0.2) is 39.1 Å². The number of aromatic nitrogens is 1. The number of pyridine rings is 1. The Labute approximate surface area is 112 Å². The number of carbonyl (C=O) groups is 2. The number of anilines is 1.